The SMILES string of the molecule is CC(C)Oc1cccc(CN2CC[C@@]3(C[C@@H]2C)C(=O)N(Cc2ncnn2C)C(=O)N3c2cccc(F)c2)c1. The van der Waals surface area contributed by atoms with Crippen LogP contribution in [0.5, 0.6) is 5.75 Å². The summed E-state index contributed by atoms with van der Waals surface area (Å²) in [5, 5.41) is 4.06. The van der Waals surface area contributed by atoms with Gasteiger partial charge in [-0.15, -0.1) is 0 Å². The van der Waals surface area contributed by atoms with Gasteiger partial charge in [0.1, 0.15) is 29.3 Å². The van der Waals surface area contributed by atoms with E-state index in [0.717, 1.165) is 11.3 Å². The summed E-state index contributed by atoms with van der Waals surface area (Å²) >= 11 is 0. The zero-order valence-electron chi connectivity index (χ0n) is 22.2. The Morgan fingerprint density at radius 2 is 1.92 bits per heavy atom. The van der Waals surface area contributed by atoms with Gasteiger partial charge in [-0.05, 0) is 69.5 Å². The van der Waals surface area contributed by atoms with Crippen LogP contribution in [-0.4, -0.2) is 60.7 Å². The molecule has 0 aliphatic carbocycles. The number of rotatable bonds is 7. The summed E-state index contributed by atoms with van der Waals surface area (Å²) in [7, 11) is 1.72. The lowest BCUT2D eigenvalue weighted by atomic mass is 9.81. The number of ether oxygens (including phenoxy) is 1. The number of carbonyl (C=O) groups is 2. The van der Waals surface area contributed by atoms with Crippen LogP contribution in [0.15, 0.2) is 54.9 Å². The summed E-state index contributed by atoms with van der Waals surface area (Å²) in [4.78, 5) is 37.0. The highest BCUT2D eigenvalue weighted by Gasteiger charge is 2.60. The molecule has 0 radical (unpaired) electrons. The Labute approximate surface area is 221 Å². The quantitative estimate of drug-likeness (QED) is 0.436. The van der Waals surface area contributed by atoms with Crippen molar-refractivity contribution in [2.24, 2.45) is 7.05 Å². The van der Waals surface area contributed by atoms with Crippen molar-refractivity contribution in [2.45, 2.75) is 64.4 Å². The lowest BCUT2D eigenvalue weighted by Crippen LogP contribution is -2.59. The molecule has 0 saturated carbocycles. The zero-order valence-corrected chi connectivity index (χ0v) is 22.2. The minimum absolute atomic E-state index is 0.00245. The molecular formula is C28H33FN6O3. The molecule has 2 aliphatic rings. The number of carbonyl (C=O) groups excluding carboxylic acids is 2. The lowest BCUT2D eigenvalue weighted by molar-refractivity contribution is -0.133. The number of halogens is 1. The molecule has 2 atom stereocenters. The molecule has 10 heteroatoms. The van der Waals surface area contributed by atoms with Crippen molar-refractivity contribution in [3.63, 3.8) is 0 Å². The van der Waals surface area contributed by atoms with Crippen molar-refractivity contribution in [2.75, 3.05) is 11.4 Å². The number of anilines is 1. The van der Waals surface area contributed by atoms with Crippen LogP contribution in [0.1, 0.15) is 45.0 Å². The van der Waals surface area contributed by atoms with Gasteiger partial charge in [-0.2, -0.15) is 5.10 Å². The van der Waals surface area contributed by atoms with Crippen LogP contribution in [0, 0.1) is 5.82 Å². The number of likely N-dealkylation sites (tertiary alicyclic amines) is 1. The molecular weight excluding hydrogens is 487 g/mol. The van der Waals surface area contributed by atoms with Crippen molar-refractivity contribution in [3.8, 4) is 5.75 Å². The number of aryl methyl sites for hydroxylation is 1. The molecule has 1 aromatic heterocycles. The molecule has 1 spiro atoms. The van der Waals surface area contributed by atoms with Gasteiger partial charge in [0.25, 0.3) is 5.91 Å². The Balaban J connectivity index is 1.43. The molecule has 3 aromatic rings. The standard InChI is InChI=1S/C28H33FN6O3/c1-19(2)38-24-10-5-7-21(13-24)16-33-12-11-28(15-20(33)3)26(36)34(17-25-30-18-31-32(25)4)27(37)35(28)23-9-6-8-22(29)14-23/h5-10,13-14,18-20H,11-12,15-17H2,1-4H3/t20-,28+/m0/s1. The predicted molar refractivity (Wildman–Crippen MR) is 140 cm³/mol. The first kappa shape index (κ1) is 25.8. The molecule has 2 aliphatic heterocycles. The predicted octanol–water partition coefficient (Wildman–Crippen LogP) is 4.13. The van der Waals surface area contributed by atoms with Crippen LogP contribution in [0.3, 0.4) is 0 Å². The van der Waals surface area contributed by atoms with E-state index in [0.29, 0.717) is 37.4 Å². The lowest BCUT2D eigenvalue weighted by Gasteiger charge is -2.45. The van der Waals surface area contributed by atoms with Gasteiger partial charge in [0, 0.05) is 31.9 Å². The first-order valence-electron chi connectivity index (χ1n) is 12.9. The number of aromatic nitrogens is 3. The van der Waals surface area contributed by atoms with E-state index in [-0.39, 0.29) is 24.6 Å². The topological polar surface area (TPSA) is 83.8 Å². The second-order valence-electron chi connectivity index (χ2n) is 10.4. The van der Waals surface area contributed by atoms with Crippen LogP contribution in [0.2, 0.25) is 0 Å². The Morgan fingerprint density at radius 3 is 2.61 bits per heavy atom. The van der Waals surface area contributed by atoms with E-state index in [1.165, 1.54) is 28.3 Å². The van der Waals surface area contributed by atoms with E-state index in [1.54, 1.807) is 23.9 Å². The third-order valence-corrected chi connectivity index (χ3v) is 7.39. The van der Waals surface area contributed by atoms with Crippen LogP contribution >= 0.6 is 0 Å². The van der Waals surface area contributed by atoms with E-state index in [9.17, 15) is 14.0 Å². The van der Waals surface area contributed by atoms with Gasteiger partial charge in [-0.25, -0.2) is 14.2 Å². The molecule has 2 fully saturated rings. The number of hydrogen-bond donors (Lipinski definition) is 0. The summed E-state index contributed by atoms with van der Waals surface area (Å²) in [5.74, 6) is 0.580. The van der Waals surface area contributed by atoms with Crippen molar-refractivity contribution in [1.82, 2.24) is 24.6 Å². The Kier molecular flexibility index (Phi) is 6.92. The van der Waals surface area contributed by atoms with E-state index >= 15 is 0 Å². The number of imide groups is 1. The molecule has 200 valence electrons. The number of urea groups is 1. The fraction of sp³-hybridized carbons (Fsp3) is 0.429. The number of hydrogen-bond acceptors (Lipinski definition) is 6. The summed E-state index contributed by atoms with van der Waals surface area (Å²) in [6, 6.07) is 13.4. The molecule has 38 heavy (non-hydrogen) atoms. The maximum Gasteiger partial charge on any atom is 0.332 e. The third kappa shape index (κ3) is 4.76. The highest BCUT2D eigenvalue weighted by atomic mass is 19.1. The monoisotopic (exact) mass is 520 g/mol. The fourth-order valence-electron chi connectivity index (χ4n) is 5.58. The molecule has 2 saturated heterocycles. The highest BCUT2D eigenvalue weighted by Crippen LogP contribution is 2.43. The van der Waals surface area contributed by atoms with Gasteiger partial charge >= 0.3 is 6.03 Å². The average molecular weight is 521 g/mol. The van der Waals surface area contributed by atoms with Gasteiger partial charge < -0.3 is 4.74 Å². The van der Waals surface area contributed by atoms with Gasteiger partial charge in [0.05, 0.1) is 12.6 Å². The third-order valence-electron chi connectivity index (χ3n) is 7.39. The first-order valence-corrected chi connectivity index (χ1v) is 12.9. The first-order chi connectivity index (χ1) is 18.2. The molecule has 9 nitrogen and oxygen atoms in total. The fourth-order valence-corrected chi connectivity index (χ4v) is 5.58. The molecule has 2 aromatic carbocycles. The van der Waals surface area contributed by atoms with Crippen LogP contribution in [0.25, 0.3) is 0 Å². The number of piperidine rings is 1. The van der Waals surface area contributed by atoms with Gasteiger partial charge in [-0.3, -0.25) is 24.2 Å². The second kappa shape index (κ2) is 10.2. The van der Waals surface area contributed by atoms with E-state index in [1.807, 2.05) is 32.0 Å². The zero-order chi connectivity index (χ0) is 27.0. The summed E-state index contributed by atoms with van der Waals surface area (Å²) < 4.78 is 21.7. The molecule has 3 heterocycles. The minimum atomic E-state index is -1.11. The maximum atomic E-state index is 14.3. The average Bonchev–Trinajstić information content (AvgIpc) is 3.35. The Hall–Kier alpha value is -3.79. The minimum Gasteiger partial charge on any atom is -0.491 e. The summed E-state index contributed by atoms with van der Waals surface area (Å²) in [6.07, 6.45) is 2.33. The summed E-state index contributed by atoms with van der Waals surface area (Å²) in [6.45, 7) is 7.36. The van der Waals surface area contributed by atoms with Crippen LogP contribution in [-0.2, 0) is 24.9 Å². The molecule has 0 N–H and O–H groups in total. The normalized spacial score (nSPS) is 22.2. The number of nitrogens with zero attached hydrogens (tertiary/aromatic N) is 6. The summed E-state index contributed by atoms with van der Waals surface area (Å²) in [5.41, 5.74) is 0.385. The van der Waals surface area contributed by atoms with Crippen molar-refractivity contribution in [1.29, 1.82) is 0 Å². The van der Waals surface area contributed by atoms with Crippen molar-refractivity contribution >= 4 is 17.6 Å². The molecule has 3 amide bonds. The Bertz CT molecular complexity index is 1340. The highest BCUT2D eigenvalue weighted by molar-refractivity contribution is 6.16. The van der Waals surface area contributed by atoms with Crippen molar-refractivity contribution in [3.05, 3.63) is 72.1 Å². The van der Waals surface area contributed by atoms with Gasteiger partial charge in [-0.1, -0.05) is 18.2 Å². The molecule has 0 bridgehead atoms. The smallest absolute Gasteiger partial charge is 0.332 e. The van der Waals surface area contributed by atoms with E-state index < -0.39 is 17.4 Å². The van der Waals surface area contributed by atoms with Crippen molar-refractivity contribution < 1.29 is 18.7 Å². The van der Waals surface area contributed by atoms with E-state index in [2.05, 4.69) is 28.0 Å². The molecule has 0 unspecified atom stereocenters. The maximum absolute atomic E-state index is 14.3. The molecule has 5 rings (SSSR count). The van der Waals surface area contributed by atoms with Gasteiger partial charge in [0.2, 0.25) is 0 Å². The van der Waals surface area contributed by atoms with Gasteiger partial charge in [0.15, 0.2) is 0 Å². The second-order valence-corrected chi connectivity index (χ2v) is 10.4. The van der Waals surface area contributed by atoms with E-state index in [4.69, 9.17) is 4.74 Å². The largest absolute Gasteiger partial charge is 0.491 e. The number of amides is 3. The van der Waals surface area contributed by atoms with Crippen LogP contribution < -0.4 is 9.64 Å². The number of benzene rings is 2. The Morgan fingerprint density at radius 1 is 1.13 bits per heavy atom. The van der Waals surface area contributed by atoms with Crippen LogP contribution in [0.4, 0.5) is 14.9 Å².